The molecule has 0 aliphatic rings. The van der Waals surface area contributed by atoms with E-state index >= 15 is 0 Å². The number of hydrogen-bond donors (Lipinski definition) is 0. The predicted octanol–water partition coefficient (Wildman–Crippen LogP) is 3.95. The summed E-state index contributed by atoms with van der Waals surface area (Å²) < 4.78 is 2.12. The van der Waals surface area contributed by atoms with E-state index in [-0.39, 0.29) is 0 Å². The van der Waals surface area contributed by atoms with Crippen LogP contribution in [0.2, 0.25) is 0 Å². The molecule has 0 atom stereocenters. The van der Waals surface area contributed by atoms with Crippen molar-refractivity contribution in [1.82, 2.24) is 0 Å². The number of alkyl halides is 1. The van der Waals surface area contributed by atoms with Gasteiger partial charge in [0.2, 0.25) is 0 Å². The second-order valence-electron chi connectivity index (χ2n) is 1.87. The van der Waals surface area contributed by atoms with Crippen LogP contribution in [0.3, 0.4) is 0 Å². The van der Waals surface area contributed by atoms with Gasteiger partial charge in [-0.2, -0.15) is 0 Å². The molecule has 0 aromatic heterocycles. The van der Waals surface area contributed by atoms with Gasteiger partial charge in [0, 0.05) is 14.8 Å². The Hall–Kier alpha value is 0.470. The first-order valence-electron chi connectivity index (χ1n) is 2.74. The molecule has 0 amide bonds. The molecule has 0 N–H and O–H groups in total. The fraction of sp³-hybridized carbons (Fsp3) is 0.143. The van der Waals surface area contributed by atoms with E-state index in [0.29, 0.717) is 5.88 Å². The monoisotopic (exact) mass is 282 g/mol. The lowest BCUT2D eigenvalue weighted by Gasteiger charge is -1.98. The lowest BCUT2D eigenvalue weighted by atomic mass is 10.2. The summed E-state index contributed by atoms with van der Waals surface area (Å²) in [6, 6.07) is 5.95. The van der Waals surface area contributed by atoms with Crippen molar-refractivity contribution in [1.29, 1.82) is 0 Å². The minimum Gasteiger partial charge on any atom is -0.122 e. The van der Waals surface area contributed by atoms with Crippen molar-refractivity contribution >= 4 is 43.5 Å². The van der Waals surface area contributed by atoms with Crippen LogP contribution < -0.4 is 0 Å². The van der Waals surface area contributed by atoms with Gasteiger partial charge in [-0.1, -0.05) is 37.9 Å². The number of benzene rings is 1. The molecule has 1 rings (SSSR count). The summed E-state index contributed by atoms with van der Waals surface area (Å²) in [7, 11) is 0. The molecule has 54 valence electrons. The lowest BCUT2D eigenvalue weighted by Crippen LogP contribution is -1.78. The third-order valence-corrected chi connectivity index (χ3v) is 2.68. The van der Waals surface area contributed by atoms with E-state index < -0.39 is 0 Å². The number of rotatable bonds is 1. The molecule has 0 saturated heterocycles. The van der Waals surface area contributed by atoms with Gasteiger partial charge in [-0.15, -0.1) is 11.6 Å². The molecule has 0 saturated carbocycles. The third kappa shape index (κ3) is 1.97. The Labute approximate surface area is 81.8 Å². The molecule has 3 heteroatoms. The van der Waals surface area contributed by atoms with Gasteiger partial charge in [-0.3, -0.25) is 0 Å². The van der Waals surface area contributed by atoms with E-state index in [0.717, 1.165) is 14.5 Å². The van der Waals surface area contributed by atoms with Crippen LogP contribution in [0, 0.1) is 0 Å². The molecule has 0 nitrogen and oxygen atoms in total. The second-order valence-corrected chi connectivity index (χ2v) is 3.91. The van der Waals surface area contributed by atoms with Crippen LogP contribution >= 0.6 is 43.5 Å². The first kappa shape index (κ1) is 8.57. The highest BCUT2D eigenvalue weighted by Crippen LogP contribution is 2.22. The minimum atomic E-state index is 0.549. The van der Waals surface area contributed by atoms with Gasteiger partial charge in [0.05, 0.1) is 0 Å². The second kappa shape index (κ2) is 3.74. The summed E-state index contributed by atoms with van der Waals surface area (Å²) in [5.41, 5.74) is 1.12. The van der Waals surface area contributed by atoms with E-state index in [9.17, 15) is 0 Å². The van der Waals surface area contributed by atoms with Gasteiger partial charge in [0.15, 0.2) is 0 Å². The minimum absolute atomic E-state index is 0.549. The highest BCUT2D eigenvalue weighted by molar-refractivity contribution is 9.11. The molecule has 0 heterocycles. The summed E-state index contributed by atoms with van der Waals surface area (Å²) in [5, 5.41) is 0. The van der Waals surface area contributed by atoms with Crippen molar-refractivity contribution in [3.63, 3.8) is 0 Å². The maximum atomic E-state index is 5.64. The summed E-state index contributed by atoms with van der Waals surface area (Å²) in [4.78, 5) is 0. The Morgan fingerprint density at radius 3 is 2.50 bits per heavy atom. The molecule has 0 bridgehead atoms. The summed E-state index contributed by atoms with van der Waals surface area (Å²) in [6.45, 7) is 0. The SMILES string of the molecule is ClCc1ccc(Br)cc1Br. The van der Waals surface area contributed by atoms with Crippen molar-refractivity contribution in [3.8, 4) is 0 Å². The normalized spacial score (nSPS) is 9.90. The standard InChI is InChI=1S/C7H5Br2Cl/c8-6-2-1-5(4-10)7(9)3-6/h1-3H,4H2. The average molecular weight is 284 g/mol. The van der Waals surface area contributed by atoms with Gasteiger partial charge in [-0.25, -0.2) is 0 Å². The van der Waals surface area contributed by atoms with Gasteiger partial charge < -0.3 is 0 Å². The smallest absolute Gasteiger partial charge is 0.0485 e. The Morgan fingerprint density at radius 2 is 2.00 bits per heavy atom. The quantitative estimate of drug-likeness (QED) is 0.685. The number of halogens is 3. The van der Waals surface area contributed by atoms with Gasteiger partial charge in [0.25, 0.3) is 0 Å². The molecule has 1 aromatic rings. The lowest BCUT2D eigenvalue weighted by molar-refractivity contribution is 1.36. The van der Waals surface area contributed by atoms with Crippen molar-refractivity contribution in [2.45, 2.75) is 5.88 Å². The topological polar surface area (TPSA) is 0 Å². The Balaban J connectivity index is 3.07. The van der Waals surface area contributed by atoms with Crippen molar-refractivity contribution in [2.24, 2.45) is 0 Å². The maximum absolute atomic E-state index is 5.64. The fourth-order valence-corrected chi connectivity index (χ4v) is 2.21. The van der Waals surface area contributed by atoms with Crippen LogP contribution in [0.15, 0.2) is 27.1 Å². The molecule has 0 aliphatic heterocycles. The summed E-state index contributed by atoms with van der Waals surface area (Å²) in [5.74, 6) is 0.549. The van der Waals surface area contributed by atoms with Crippen molar-refractivity contribution in [3.05, 3.63) is 32.7 Å². The Bertz CT molecular complexity index is 235. The van der Waals surface area contributed by atoms with Crippen LogP contribution in [0.4, 0.5) is 0 Å². The zero-order valence-electron chi connectivity index (χ0n) is 5.07. The van der Waals surface area contributed by atoms with E-state index in [1.54, 1.807) is 0 Å². The molecular formula is C7H5Br2Cl. The molecule has 1 aromatic carbocycles. The molecular weight excluding hydrogens is 279 g/mol. The molecule has 0 aliphatic carbocycles. The van der Waals surface area contributed by atoms with Crippen molar-refractivity contribution < 1.29 is 0 Å². The third-order valence-electron chi connectivity index (χ3n) is 1.16. The summed E-state index contributed by atoms with van der Waals surface area (Å²) in [6.07, 6.45) is 0. The van der Waals surface area contributed by atoms with Gasteiger partial charge in [-0.05, 0) is 17.7 Å². The van der Waals surface area contributed by atoms with E-state index in [2.05, 4.69) is 31.9 Å². The summed E-state index contributed by atoms with van der Waals surface area (Å²) >= 11 is 12.4. The maximum Gasteiger partial charge on any atom is 0.0485 e. The Morgan fingerprint density at radius 1 is 1.30 bits per heavy atom. The molecule has 0 spiro atoms. The highest BCUT2D eigenvalue weighted by Gasteiger charge is 1.96. The van der Waals surface area contributed by atoms with Crippen LogP contribution in [0.1, 0.15) is 5.56 Å². The molecule has 0 radical (unpaired) electrons. The zero-order valence-corrected chi connectivity index (χ0v) is 9.00. The van der Waals surface area contributed by atoms with E-state index in [4.69, 9.17) is 11.6 Å². The number of hydrogen-bond acceptors (Lipinski definition) is 0. The van der Waals surface area contributed by atoms with Crippen LogP contribution in [-0.4, -0.2) is 0 Å². The predicted molar refractivity (Wildman–Crippen MR) is 51.4 cm³/mol. The first-order chi connectivity index (χ1) is 4.74. The fourth-order valence-electron chi connectivity index (χ4n) is 0.630. The zero-order chi connectivity index (χ0) is 7.56. The van der Waals surface area contributed by atoms with Gasteiger partial charge in [0.1, 0.15) is 0 Å². The van der Waals surface area contributed by atoms with E-state index in [1.807, 2.05) is 18.2 Å². The highest BCUT2D eigenvalue weighted by atomic mass is 79.9. The van der Waals surface area contributed by atoms with Crippen LogP contribution in [0.5, 0.6) is 0 Å². The average Bonchev–Trinajstić information content (AvgIpc) is 1.88. The molecule has 0 unspecified atom stereocenters. The Kier molecular flexibility index (Phi) is 3.21. The van der Waals surface area contributed by atoms with Crippen LogP contribution in [0.25, 0.3) is 0 Å². The molecule has 10 heavy (non-hydrogen) atoms. The first-order valence-corrected chi connectivity index (χ1v) is 4.86. The van der Waals surface area contributed by atoms with Gasteiger partial charge >= 0.3 is 0 Å². The largest absolute Gasteiger partial charge is 0.122 e. The van der Waals surface area contributed by atoms with E-state index in [1.165, 1.54) is 0 Å². The van der Waals surface area contributed by atoms with Crippen molar-refractivity contribution in [2.75, 3.05) is 0 Å². The van der Waals surface area contributed by atoms with Crippen LogP contribution in [-0.2, 0) is 5.88 Å². The molecule has 0 fully saturated rings.